The zero-order chi connectivity index (χ0) is 33.0. The van der Waals surface area contributed by atoms with E-state index in [0.29, 0.717) is 0 Å². The molecule has 5 N–H and O–H groups in total. The van der Waals surface area contributed by atoms with Gasteiger partial charge < -0.3 is 34.9 Å². The van der Waals surface area contributed by atoms with E-state index < -0.39 is 67.9 Å². The minimum Gasteiger partial charge on any atom is -0.479 e. The maximum absolute atomic E-state index is 13.9. The lowest BCUT2D eigenvalue weighted by Gasteiger charge is -2.28. The maximum atomic E-state index is 13.9. The first-order valence-electron chi connectivity index (χ1n) is 14.1. The number of nitrogen functional groups attached to an aromatic ring is 1. The highest BCUT2D eigenvalue weighted by Crippen LogP contribution is 2.47. The molecule has 3 rings (SSSR count). The summed E-state index contributed by atoms with van der Waals surface area (Å²) in [6.45, 7) is 10.6. The monoisotopic (exact) mass is 646 g/mol. The van der Waals surface area contributed by atoms with E-state index in [1.807, 2.05) is 0 Å². The van der Waals surface area contributed by atoms with Crippen LogP contribution in [0.3, 0.4) is 0 Å². The van der Waals surface area contributed by atoms with Crippen LogP contribution < -0.4 is 15.6 Å². The summed E-state index contributed by atoms with van der Waals surface area (Å²) in [5.41, 5.74) is 3.55. The van der Waals surface area contributed by atoms with Crippen molar-refractivity contribution in [2.24, 2.45) is 5.92 Å². The van der Waals surface area contributed by atoms with Crippen molar-refractivity contribution in [1.29, 1.82) is 0 Å². The Kier molecular flexibility index (Phi) is 11.3. The average molecular weight is 647 g/mol. The highest BCUT2D eigenvalue weighted by molar-refractivity contribution is 7.51. The van der Waals surface area contributed by atoms with E-state index in [0.717, 1.165) is 0 Å². The molecule has 6 unspecified atom stereocenters. The molecule has 248 valence electrons. The van der Waals surface area contributed by atoms with Crippen molar-refractivity contribution in [3.63, 3.8) is 0 Å². The molecule has 17 nitrogen and oxygen atoms in total. The van der Waals surface area contributed by atoms with Gasteiger partial charge in [0.05, 0.1) is 39.7 Å². The number of rotatable bonds is 14. The first-order valence-corrected chi connectivity index (χ1v) is 15.6. The highest BCUT2D eigenvalue weighted by Gasteiger charge is 2.54. The number of methoxy groups -OCH3 is 1. The Morgan fingerprint density at radius 1 is 1.27 bits per heavy atom. The van der Waals surface area contributed by atoms with Gasteiger partial charge in [0.1, 0.15) is 29.5 Å². The van der Waals surface area contributed by atoms with Gasteiger partial charge >= 0.3 is 19.7 Å². The molecular weight excluding hydrogens is 603 g/mol. The number of hydrogen-bond acceptors (Lipinski definition) is 15. The Morgan fingerprint density at radius 3 is 2.55 bits per heavy atom. The molecule has 0 aliphatic carbocycles. The lowest BCUT2D eigenvalue weighted by molar-refractivity contribution is -0.155. The van der Waals surface area contributed by atoms with Crippen LogP contribution in [0.15, 0.2) is 6.33 Å². The number of hydrogen-bond donors (Lipinski definition) is 4. The van der Waals surface area contributed by atoms with Gasteiger partial charge in [0.2, 0.25) is 11.8 Å². The summed E-state index contributed by atoms with van der Waals surface area (Å²) < 4.78 is 48.0. The van der Waals surface area contributed by atoms with Crippen LogP contribution in [0.25, 0.3) is 11.2 Å². The topological polar surface area (TPSA) is 229 Å². The van der Waals surface area contributed by atoms with Gasteiger partial charge in [0.25, 0.3) is 0 Å². The minimum atomic E-state index is -4.38. The number of nitrogens with one attached hydrogen (secondary N) is 1. The number of anilines is 1. The van der Waals surface area contributed by atoms with Gasteiger partial charge in [-0.3, -0.25) is 23.2 Å². The fourth-order valence-corrected chi connectivity index (χ4v) is 6.04. The van der Waals surface area contributed by atoms with E-state index in [1.165, 1.54) is 24.9 Å². The third-order valence-electron chi connectivity index (χ3n) is 6.51. The Bertz CT molecular complexity index is 1360. The van der Waals surface area contributed by atoms with E-state index in [-0.39, 0.29) is 42.6 Å². The molecule has 0 saturated carbocycles. The molecule has 6 atom stereocenters. The van der Waals surface area contributed by atoms with Crippen molar-refractivity contribution in [2.45, 2.75) is 90.6 Å². The van der Waals surface area contributed by atoms with E-state index in [4.69, 9.17) is 33.7 Å². The predicted octanol–water partition coefficient (Wildman–Crippen LogP) is 1.48. The van der Waals surface area contributed by atoms with Crippen LogP contribution in [-0.2, 0) is 37.4 Å². The number of carbonyl (C=O) groups is 2. The summed E-state index contributed by atoms with van der Waals surface area (Å²) in [6, 6.07) is -1.11. The van der Waals surface area contributed by atoms with Crippen molar-refractivity contribution in [3.05, 3.63) is 6.33 Å². The molecule has 0 spiro atoms. The number of nitrogens with zero attached hydrogens (tertiary/aromatic N) is 4. The maximum Gasteiger partial charge on any atom is 0.406 e. The number of esters is 2. The van der Waals surface area contributed by atoms with E-state index in [2.05, 4.69) is 20.0 Å². The quantitative estimate of drug-likeness (QED) is 0.168. The van der Waals surface area contributed by atoms with Crippen LogP contribution in [0.5, 0.6) is 5.88 Å². The average Bonchev–Trinajstić information content (AvgIpc) is 3.42. The second-order valence-corrected chi connectivity index (χ2v) is 13.4. The van der Waals surface area contributed by atoms with Gasteiger partial charge in [0, 0.05) is 0 Å². The van der Waals surface area contributed by atoms with Gasteiger partial charge in [-0.25, -0.2) is 14.6 Å². The molecule has 2 aromatic rings. The number of imidazole rings is 1. The molecule has 2 aromatic heterocycles. The normalized spacial score (nSPS) is 24.3. The van der Waals surface area contributed by atoms with Gasteiger partial charge in [0.15, 0.2) is 17.4 Å². The van der Waals surface area contributed by atoms with Gasteiger partial charge in [-0.15, -0.1) is 0 Å². The number of aliphatic hydroxyl groups is 2. The predicted molar refractivity (Wildman–Crippen MR) is 155 cm³/mol. The molecule has 1 saturated heterocycles. The zero-order valence-corrected chi connectivity index (χ0v) is 27.1. The number of fused-ring (bicyclic) bond motifs is 1. The van der Waals surface area contributed by atoms with Gasteiger partial charge in [-0.05, 0) is 40.5 Å². The Labute approximate surface area is 255 Å². The summed E-state index contributed by atoms with van der Waals surface area (Å²) in [7, 11) is -2.99. The van der Waals surface area contributed by atoms with Gasteiger partial charge in [-0.1, -0.05) is 13.8 Å². The van der Waals surface area contributed by atoms with Crippen LogP contribution >= 0.6 is 7.75 Å². The summed E-state index contributed by atoms with van der Waals surface area (Å²) in [5.74, 6) is -1.71. The molecule has 1 aliphatic rings. The second-order valence-electron chi connectivity index (χ2n) is 11.7. The number of ether oxygens (including phenoxy) is 4. The summed E-state index contributed by atoms with van der Waals surface area (Å²) >= 11 is 0. The summed E-state index contributed by atoms with van der Waals surface area (Å²) in [5, 5.41) is 24.9. The number of nitrogens with two attached hydrogens (primary N) is 1. The van der Waals surface area contributed by atoms with Crippen LogP contribution in [0.2, 0.25) is 0 Å². The molecular formula is C26H43N6O11P. The fourth-order valence-electron chi connectivity index (χ4n) is 4.40. The van der Waals surface area contributed by atoms with Crippen LogP contribution in [0, 0.1) is 5.92 Å². The smallest absolute Gasteiger partial charge is 0.406 e. The number of aromatic nitrogens is 4. The van der Waals surface area contributed by atoms with E-state index in [1.54, 1.807) is 41.5 Å². The standard InChI is InChI=1S/C26H43N6O11P/c1-9-39-22(35)17(14(2)3)31-44(37,40-11-10-16(33)43-25(4,5)6)41-12-15-19(34)26(7,36)23(42-15)32-13-28-18-20(32)29-24(27)30-21(18)38-8/h13-15,17,19,23,34,36H,9-12H2,1-8H3,(H,31,37)(H2,27,29,30). The largest absolute Gasteiger partial charge is 0.479 e. The van der Waals surface area contributed by atoms with Crippen molar-refractivity contribution in [3.8, 4) is 5.88 Å². The van der Waals surface area contributed by atoms with Crippen LogP contribution in [-0.4, -0.2) is 98.1 Å². The molecule has 0 bridgehead atoms. The Balaban J connectivity index is 1.83. The lowest BCUT2D eigenvalue weighted by Crippen LogP contribution is -2.45. The molecule has 0 amide bonds. The van der Waals surface area contributed by atoms with Crippen LogP contribution in [0.1, 0.15) is 61.1 Å². The Hall–Kier alpha value is -2.92. The third kappa shape index (κ3) is 8.41. The Morgan fingerprint density at radius 2 is 1.95 bits per heavy atom. The molecule has 1 fully saturated rings. The number of carbonyl (C=O) groups excluding carboxylic acids is 2. The second kappa shape index (κ2) is 14.0. The molecule has 3 heterocycles. The third-order valence-corrected chi connectivity index (χ3v) is 8.11. The van der Waals surface area contributed by atoms with E-state index >= 15 is 0 Å². The summed E-state index contributed by atoms with van der Waals surface area (Å²) in [6.07, 6.45) is -3.02. The zero-order valence-electron chi connectivity index (χ0n) is 26.2. The molecule has 44 heavy (non-hydrogen) atoms. The van der Waals surface area contributed by atoms with E-state index in [9.17, 15) is 24.4 Å². The number of aliphatic hydroxyl groups excluding tert-OH is 1. The van der Waals surface area contributed by atoms with Gasteiger partial charge in [-0.2, -0.15) is 9.97 Å². The summed E-state index contributed by atoms with van der Waals surface area (Å²) in [4.78, 5) is 37.2. The van der Waals surface area contributed by atoms with Crippen LogP contribution in [0.4, 0.5) is 5.95 Å². The minimum absolute atomic E-state index is 0.0817. The molecule has 18 heteroatoms. The fraction of sp³-hybridized carbons (Fsp3) is 0.731. The molecule has 1 aliphatic heterocycles. The van der Waals surface area contributed by atoms with Crippen molar-refractivity contribution in [1.82, 2.24) is 24.6 Å². The lowest BCUT2D eigenvalue weighted by atomic mass is 9.96. The SMILES string of the molecule is CCOC(=O)C(NP(=O)(OCCC(=O)OC(C)(C)C)OCC1OC(n2cnc3c(OC)nc(N)nc32)C(C)(O)C1O)C(C)C. The molecule has 0 radical (unpaired) electrons. The molecule has 0 aromatic carbocycles. The first kappa shape index (κ1) is 35.6. The van der Waals surface area contributed by atoms with Crippen molar-refractivity contribution < 1.29 is 52.4 Å². The van der Waals surface area contributed by atoms with Crippen molar-refractivity contribution >= 4 is 36.8 Å². The highest BCUT2D eigenvalue weighted by atomic mass is 31.2. The van der Waals surface area contributed by atoms with Crippen molar-refractivity contribution in [2.75, 3.05) is 32.7 Å². The first-order chi connectivity index (χ1) is 20.4.